The minimum absolute atomic E-state index is 0. The van der Waals surface area contributed by atoms with Crippen molar-refractivity contribution in [3.63, 3.8) is 0 Å². The Balaban J connectivity index is 0.00000486. The van der Waals surface area contributed by atoms with E-state index in [0.29, 0.717) is 50.3 Å². The average molecular weight is 806 g/mol. The van der Waals surface area contributed by atoms with Crippen LogP contribution in [0.2, 0.25) is 0 Å². The molecule has 0 bridgehead atoms. The second-order valence-corrected chi connectivity index (χ2v) is 13.8. The van der Waals surface area contributed by atoms with Crippen LogP contribution in [0.4, 0.5) is 14.5 Å². The van der Waals surface area contributed by atoms with E-state index in [0.717, 1.165) is 54.9 Å². The molecule has 50 heavy (non-hydrogen) atoms. The third kappa shape index (κ3) is 9.25. The van der Waals surface area contributed by atoms with Crippen molar-refractivity contribution in [3.05, 3.63) is 101 Å². The number of carbonyl (C=O) groups is 2. The van der Waals surface area contributed by atoms with Gasteiger partial charge in [0, 0.05) is 5.69 Å². The van der Waals surface area contributed by atoms with Crippen LogP contribution in [0.15, 0.2) is 72.8 Å². The van der Waals surface area contributed by atoms with Gasteiger partial charge in [0.25, 0.3) is 0 Å². The third-order valence-electron chi connectivity index (χ3n) is 10.3. The zero-order valence-corrected chi connectivity index (χ0v) is 30.5. The maximum Gasteiger partial charge on any atom is 0.246 e. The summed E-state index contributed by atoms with van der Waals surface area (Å²) in [4.78, 5) is 27.7. The van der Waals surface area contributed by atoms with E-state index in [-0.39, 0.29) is 66.0 Å². The molecule has 270 valence electrons. The van der Waals surface area contributed by atoms with Crippen LogP contribution < -0.4 is 34.2 Å². The fourth-order valence-electron chi connectivity index (χ4n) is 6.92. The summed E-state index contributed by atoms with van der Waals surface area (Å²) >= 11 is 0. The summed E-state index contributed by atoms with van der Waals surface area (Å²) in [5.41, 5.74) is 2.74. The molecule has 0 saturated carbocycles. The lowest BCUT2D eigenvalue weighted by molar-refractivity contribution is -0.915. The number of nitrogens with zero attached hydrogens (tertiary/aromatic N) is 2. The van der Waals surface area contributed by atoms with Crippen LogP contribution in [0.1, 0.15) is 48.1 Å². The van der Waals surface area contributed by atoms with E-state index < -0.39 is 11.7 Å². The van der Waals surface area contributed by atoms with Crippen LogP contribution in [0.5, 0.6) is 0 Å². The van der Waals surface area contributed by atoms with Crippen molar-refractivity contribution in [3.8, 4) is 0 Å². The quantitative estimate of drug-likeness (QED) is 0.138. The van der Waals surface area contributed by atoms with Gasteiger partial charge in [-0.1, -0.05) is 36.4 Å². The van der Waals surface area contributed by atoms with Gasteiger partial charge in [0.15, 0.2) is 0 Å². The van der Waals surface area contributed by atoms with Crippen LogP contribution in [-0.4, -0.2) is 93.3 Å². The average Bonchev–Trinajstić information content (AvgIpc) is 3.08. The minimum atomic E-state index is -0.827. The molecule has 2 N–H and O–H groups in total. The molecule has 12 heteroatoms. The van der Waals surface area contributed by atoms with Gasteiger partial charge in [-0.2, -0.15) is 0 Å². The smallest absolute Gasteiger partial charge is 0.246 e. The van der Waals surface area contributed by atoms with E-state index in [1.165, 1.54) is 24.3 Å². The monoisotopic (exact) mass is 805 g/mol. The number of hydrogen-bond donors (Lipinski definition) is 2. The molecule has 0 radical (unpaired) electrons. The van der Waals surface area contributed by atoms with E-state index >= 15 is 0 Å². The Morgan fingerprint density at radius 1 is 1.00 bits per heavy atom. The number of benzene rings is 3. The number of likely N-dealkylation sites (N-methyl/N-ethyl adjacent to an activating group) is 1. The minimum Gasteiger partial charge on any atom is -1.00 e. The first-order valence-corrected chi connectivity index (χ1v) is 17.1. The fraction of sp³-hybridized carbons (Fsp3) is 0.474. The maximum atomic E-state index is 13.7. The van der Waals surface area contributed by atoms with Crippen molar-refractivity contribution in [2.24, 2.45) is 5.92 Å². The highest BCUT2D eigenvalue weighted by molar-refractivity contribution is 6.03. The van der Waals surface area contributed by atoms with E-state index in [9.17, 15) is 23.5 Å². The molecular formula is C38H46F2IN3O6. The fourth-order valence-corrected chi connectivity index (χ4v) is 6.92. The lowest BCUT2D eigenvalue weighted by atomic mass is 9.78. The zero-order valence-electron chi connectivity index (χ0n) is 28.4. The molecule has 3 heterocycles. The molecule has 3 aliphatic rings. The molecule has 1 unspecified atom stereocenters. The number of nitrogens with one attached hydrogen (secondary N) is 1. The van der Waals surface area contributed by atoms with Gasteiger partial charge in [-0.3, -0.25) is 9.59 Å². The first-order valence-electron chi connectivity index (χ1n) is 17.1. The summed E-state index contributed by atoms with van der Waals surface area (Å²) in [7, 11) is 2.19. The third-order valence-corrected chi connectivity index (χ3v) is 10.3. The van der Waals surface area contributed by atoms with Crippen molar-refractivity contribution in [1.29, 1.82) is 0 Å². The number of quaternary nitrogens is 1. The Morgan fingerprint density at radius 3 is 2.26 bits per heavy atom. The van der Waals surface area contributed by atoms with Crippen LogP contribution in [0.25, 0.3) is 0 Å². The number of carbonyl (C=O) groups excluding carboxylic acids is 2. The van der Waals surface area contributed by atoms with E-state index in [4.69, 9.17) is 14.2 Å². The number of amides is 2. The highest BCUT2D eigenvalue weighted by Gasteiger charge is 2.48. The molecule has 6 rings (SSSR count). The molecule has 3 aromatic carbocycles. The molecule has 3 atom stereocenters. The molecule has 3 fully saturated rings. The van der Waals surface area contributed by atoms with Crippen molar-refractivity contribution in [1.82, 2.24) is 5.32 Å². The molecule has 0 spiro atoms. The Hall–Kier alpha value is -3.01. The number of halogens is 3. The Kier molecular flexibility index (Phi) is 13.0. The maximum absolute atomic E-state index is 13.7. The number of hydrogen-bond acceptors (Lipinski definition) is 6. The molecule has 3 aliphatic heterocycles. The molecule has 2 amide bonds. The highest BCUT2D eigenvalue weighted by Crippen LogP contribution is 2.46. The molecule has 0 aliphatic carbocycles. The summed E-state index contributed by atoms with van der Waals surface area (Å²) in [6.07, 6.45) is 1.36. The van der Waals surface area contributed by atoms with Crippen molar-refractivity contribution in [2.75, 3.05) is 71.2 Å². The summed E-state index contributed by atoms with van der Waals surface area (Å²) < 4.78 is 45.0. The lowest BCUT2D eigenvalue weighted by Gasteiger charge is -2.48. The van der Waals surface area contributed by atoms with Gasteiger partial charge < -0.3 is 58.0 Å². The van der Waals surface area contributed by atoms with E-state index in [2.05, 4.69) is 12.4 Å². The Bertz CT molecular complexity index is 1570. The zero-order chi connectivity index (χ0) is 34.4. The van der Waals surface area contributed by atoms with Crippen molar-refractivity contribution in [2.45, 2.75) is 43.4 Å². The first-order chi connectivity index (χ1) is 23.6. The Labute approximate surface area is 309 Å². The number of aryl methyl sites for hydroxylation is 1. The topological polar surface area (TPSA) is 97.3 Å². The lowest BCUT2D eigenvalue weighted by Crippen LogP contribution is -3.00. The molecule has 3 aromatic rings. The van der Waals surface area contributed by atoms with E-state index in [1.807, 2.05) is 24.3 Å². The van der Waals surface area contributed by atoms with Gasteiger partial charge in [-0.25, -0.2) is 8.78 Å². The number of ether oxygens (including phenoxy) is 3. The molecule has 9 nitrogen and oxygen atoms in total. The molecular weight excluding hydrogens is 759 g/mol. The van der Waals surface area contributed by atoms with E-state index in [1.54, 1.807) is 29.2 Å². The van der Waals surface area contributed by atoms with Gasteiger partial charge >= 0.3 is 0 Å². The summed E-state index contributed by atoms with van der Waals surface area (Å²) in [6, 6.07) is 19.4. The second kappa shape index (κ2) is 17.0. The van der Waals surface area contributed by atoms with Gasteiger partial charge in [0.1, 0.15) is 36.9 Å². The number of aliphatic hydroxyl groups is 1. The number of β-lactam (4-membered cyclic amide) rings is 1. The van der Waals surface area contributed by atoms with Gasteiger partial charge in [-0.05, 0) is 78.8 Å². The Morgan fingerprint density at radius 2 is 1.64 bits per heavy atom. The predicted octanol–water partition coefficient (Wildman–Crippen LogP) is 1.50. The number of anilines is 1. The van der Waals surface area contributed by atoms with Crippen LogP contribution in [-0.2, 0) is 30.2 Å². The van der Waals surface area contributed by atoms with Crippen LogP contribution in [0.3, 0.4) is 0 Å². The standard InChI is InChI=1S/C38H45F2N3O6.HI/c1-43(20-22-47-23-21-43)19-18-41-35(45)24-49-38(25-48-26-38)17-16-27-2-4-29(5-3-27)36-33(14-15-34(44)28-6-8-30(39)9-7-28)37(46)42(36)32-12-10-31(40)11-13-32;/h2-13,33-34,36,44H,14-26H2,1H3;1H/t33-,34?,36-;/m1./s1. The second-order valence-electron chi connectivity index (χ2n) is 13.8. The normalized spacial score (nSPS) is 21.4. The largest absolute Gasteiger partial charge is 1.00 e. The van der Waals surface area contributed by atoms with Crippen LogP contribution in [0, 0.1) is 17.6 Å². The van der Waals surface area contributed by atoms with Gasteiger partial charge in [0.05, 0.1) is 64.6 Å². The highest BCUT2D eigenvalue weighted by atomic mass is 127. The predicted molar refractivity (Wildman–Crippen MR) is 180 cm³/mol. The number of rotatable bonds is 15. The number of morpholine rings is 1. The van der Waals surface area contributed by atoms with Gasteiger partial charge in [0.2, 0.25) is 11.8 Å². The van der Waals surface area contributed by atoms with Crippen molar-refractivity contribution < 1.29 is 66.1 Å². The first kappa shape index (κ1) is 38.2. The summed E-state index contributed by atoms with van der Waals surface area (Å²) in [6.45, 7) is 5.71. The summed E-state index contributed by atoms with van der Waals surface area (Å²) in [5.74, 6) is -1.34. The van der Waals surface area contributed by atoms with Crippen molar-refractivity contribution >= 4 is 17.5 Å². The summed E-state index contributed by atoms with van der Waals surface area (Å²) in [5, 5.41) is 13.7. The molecule has 3 saturated heterocycles. The number of aliphatic hydroxyl groups excluding tert-OH is 1. The van der Waals surface area contributed by atoms with Gasteiger partial charge in [-0.15, -0.1) is 0 Å². The SMILES string of the molecule is C[N+]1(CCNC(=O)COC2(CCc3ccc([C@@H]4[C@@H](CCC(O)c5ccc(F)cc5)C(=O)N4c4ccc(F)cc4)cc3)COC2)CCOCC1.[I-]. The molecule has 0 aromatic heterocycles. The van der Waals surface area contributed by atoms with Crippen LogP contribution >= 0.6 is 0 Å².